The fourth-order valence-corrected chi connectivity index (χ4v) is 1.33. The molecule has 0 radical (unpaired) electrons. The molecule has 78 valence electrons. The lowest BCUT2D eigenvalue weighted by Crippen LogP contribution is -1.95. The minimum atomic E-state index is 0.199. The van der Waals surface area contributed by atoms with Gasteiger partial charge in [-0.05, 0) is 24.5 Å². The van der Waals surface area contributed by atoms with E-state index in [2.05, 4.69) is 18.7 Å². The third kappa shape index (κ3) is 4.41. The smallest absolute Gasteiger partial charge is 0.134 e. The van der Waals surface area contributed by atoms with Gasteiger partial charge < -0.3 is 0 Å². The Bertz CT molecular complexity index is 357. The highest BCUT2D eigenvalue weighted by Gasteiger charge is 1.96. The van der Waals surface area contributed by atoms with Gasteiger partial charge in [-0.1, -0.05) is 42.5 Å². The molecule has 0 aliphatic rings. The van der Waals surface area contributed by atoms with Gasteiger partial charge in [-0.25, -0.2) is 0 Å². The summed E-state index contributed by atoms with van der Waals surface area (Å²) in [4.78, 5) is 10.9. The normalized spacial score (nSPS) is 10.5. The maximum atomic E-state index is 10.9. The number of carbonyl (C=O) groups excluding carboxylic acids is 1. The molecule has 1 heteroatoms. The van der Waals surface area contributed by atoms with E-state index in [0.717, 1.165) is 17.5 Å². The Morgan fingerprint density at radius 3 is 2.53 bits per heavy atom. The molecule has 0 unspecified atom stereocenters. The zero-order chi connectivity index (χ0) is 11.1. The van der Waals surface area contributed by atoms with Gasteiger partial charge >= 0.3 is 0 Å². The van der Waals surface area contributed by atoms with Crippen LogP contribution in [-0.4, -0.2) is 5.78 Å². The number of hydrogen-bond donors (Lipinski definition) is 0. The van der Waals surface area contributed by atoms with Crippen LogP contribution in [-0.2, 0) is 11.2 Å². The van der Waals surface area contributed by atoms with Gasteiger partial charge in [-0.2, -0.15) is 0 Å². The minimum Gasteiger partial charge on any atom is -0.300 e. The fourth-order valence-electron chi connectivity index (χ4n) is 1.33. The molecule has 0 atom stereocenters. The van der Waals surface area contributed by atoms with E-state index < -0.39 is 0 Å². The lowest BCUT2D eigenvalue weighted by molar-refractivity contribution is -0.116. The Morgan fingerprint density at radius 2 is 2.00 bits per heavy atom. The van der Waals surface area contributed by atoms with Gasteiger partial charge in [-0.15, -0.1) is 6.58 Å². The molecule has 1 rings (SSSR count). The lowest BCUT2D eigenvalue weighted by Gasteiger charge is -1.98. The van der Waals surface area contributed by atoms with E-state index in [-0.39, 0.29) is 5.78 Å². The van der Waals surface area contributed by atoms with Crippen molar-refractivity contribution >= 4 is 11.9 Å². The van der Waals surface area contributed by atoms with E-state index in [1.165, 1.54) is 0 Å². The monoisotopic (exact) mass is 200 g/mol. The van der Waals surface area contributed by atoms with Crippen molar-refractivity contribution in [2.24, 2.45) is 0 Å². The van der Waals surface area contributed by atoms with Crippen molar-refractivity contribution in [2.75, 3.05) is 0 Å². The van der Waals surface area contributed by atoms with E-state index in [1.54, 1.807) is 6.92 Å². The first kappa shape index (κ1) is 11.4. The molecule has 1 aromatic carbocycles. The summed E-state index contributed by atoms with van der Waals surface area (Å²) in [7, 11) is 0. The van der Waals surface area contributed by atoms with Gasteiger partial charge in [0.05, 0.1) is 0 Å². The van der Waals surface area contributed by atoms with Gasteiger partial charge in [0.2, 0.25) is 0 Å². The maximum absolute atomic E-state index is 10.9. The van der Waals surface area contributed by atoms with Crippen molar-refractivity contribution in [3.8, 4) is 0 Å². The Kier molecular flexibility index (Phi) is 4.55. The van der Waals surface area contributed by atoms with Crippen molar-refractivity contribution < 1.29 is 4.79 Å². The molecule has 0 aliphatic heterocycles. The molecule has 0 aromatic heterocycles. The highest BCUT2D eigenvalue weighted by molar-refractivity contribution is 5.78. The quantitative estimate of drug-likeness (QED) is 0.666. The highest BCUT2D eigenvalue weighted by Crippen LogP contribution is 2.07. The van der Waals surface area contributed by atoms with Crippen LogP contribution in [0.15, 0.2) is 43.0 Å². The van der Waals surface area contributed by atoms with E-state index in [1.807, 2.05) is 30.3 Å². The van der Waals surface area contributed by atoms with Crippen LogP contribution in [0.1, 0.15) is 24.5 Å². The SMILES string of the molecule is C=CC/C=C\c1ccc(CC(C)=O)cc1. The summed E-state index contributed by atoms with van der Waals surface area (Å²) < 4.78 is 0. The zero-order valence-electron chi connectivity index (χ0n) is 9.07. The van der Waals surface area contributed by atoms with Gasteiger partial charge in [0.15, 0.2) is 0 Å². The lowest BCUT2D eigenvalue weighted by atomic mass is 10.1. The van der Waals surface area contributed by atoms with Crippen molar-refractivity contribution in [3.63, 3.8) is 0 Å². The van der Waals surface area contributed by atoms with E-state index in [9.17, 15) is 4.79 Å². The second-order valence-electron chi connectivity index (χ2n) is 3.55. The second kappa shape index (κ2) is 5.97. The van der Waals surface area contributed by atoms with Crippen LogP contribution in [0.5, 0.6) is 0 Å². The Labute approximate surface area is 91.1 Å². The molecule has 0 aliphatic carbocycles. The van der Waals surface area contributed by atoms with Crippen LogP contribution in [0, 0.1) is 0 Å². The standard InChI is InChI=1S/C14H16O/c1-3-4-5-6-13-7-9-14(10-8-13)11-12(2)15/h3,5-10H,1,4,11H2,2H3/b6-5-. The summed E-state index contributed by atoms with van der Waals surface area (Å²) in [6, 6.07) is 8.04. The largest absolute Gasteiger partial charge is 0.300 e. The molecule has 1 nitrogen and oxygen atoms in total. The molecular weight excluding hydrogens is 184 g/mol. The van der Waals surface area contributed by atoms with Crippen LogP contribution in [0.2, 0.25) is 0 Å². The third-order valence-electron chi connectivity index (χ3n) is 2.05. The van der Waals surface area contributed by atoms with Gasteiger partial charge in [-0.3, -0.25) is 4.79 Å². The molecule has 0 spiro atoms. The first-order valence-electron chi connectivity index (χ1n) is 5.08. The average Bonchev–Trinajstić information content (AvgIpc) is 2.20. The van der Waals surface area contributed by atoms with Crippen LogP contribution in [0.25, 0.3) is 6.08 Å². The molecule has 0 heterocycles. The predicted molar refractivity (Wildman–Crippen MR) is 64.7 cm³/mol. The van der Waals surface area contributed by atoms with Crippen molar-refractivity contribution in [3.05, 3.63) is 54.1 Å². The number of ketones is 1. The van der Waals surface area contributed by atoms with Crippen molar-refractivity contribution in [1.82, 2.24) is 0 Å². The summed E-state index contributed by atoms with van der Waals surface area (Å²) in [6.07, 6.45) is 7.39. The number of benzene rings is 1. The van der Waals surface area contributed by atoms with Crippen LogP contribution in [0.3, 0.4) is 0 Å². The minimum absolute atomic E-state index is 0.199. The van der Waals surface area contributed by atoms with Gasteiger partial charge in [0.1, 0.15) is 5.78 Å². The molecule has 1 aromatic rings. The molecule has 0 bridgehead atoms. The molecule has 15 heavy (non-hydrogen) atoms. The highest BCUT2D eigenvalue weighted by atomic mass is 16.1. The second-order valence-corrected chi connectivity index (χ2v) is 3.55. The van der Waals surface area contributed by atoms with Gasteiger partial charge in [0, 0.05) is 6.42 Å². The van der Waals surface area contributed by atoms with Crippen molar-refractivity contribution in [1.29, 1.82) is 0 Å². The molecule has 0 N–H and O–H groups in total. The number of Topliss-reactive ketones (excluding diaryl/α,β-unsaturated/α-hetero) is 1. The molecule has 0 saturated heterocycles. The number of rotatable bonds is 5. The van der Waals surface area contributed by atoms with Crippen LogP contribution in [0.4, 0.5) is 0 Å². The summed E-state index contributed by atoms with van der Waals surface area (Å²) in [6.45, 7) is 5.26. The number of hydrogen-bond acceptors (Lipinski definition) is 1. The first-order valence-corrected chi connectivity index (χ1v) is 5.08. The van der Waals surface area contributed by atoms with Crippen LogP contribution < -0.4 is 0 Å². The fraction of sp³-hybridized carbons (Fsp3) is 0.214. The van der Waals surface area contributed by atoms with E-state index in [4.69, 9.17) is 0 Å². The molecule has 0 saturated carbocycles. The summed E-state index contributed by atoms with van der Waals surface area (Å²) in [5, 5.41) is 0. The molecule has 0 amide bonds. The number of allylic oxidation sites excluding steroid dienone is 2. The third-order valence-corrected chi connectivity index (χ3v) is 2.05. The summed E-state index contributed by atoms with van der Waals surface area (Å²) in [5.74, 6) is 0.199. The summed E-state index contributed by atoms with van der Waals surface area (Å²) >= 11 is 0. The van der Waals surface area contributed by atoms with E-state index in [0.29, 0.717) is 6.42 Å². The first-order chi connectivity index (χ1) is 7.22. The Morgan fingerprint density at radius 1 is 1.33 bits per heavy atom. The predicted octanol–water partition coefficient (Wildman–Crippen LogP) is 3.41. The number of carbonyl (C=O) groups is 1. The Balaban J connectivity index is 2.63. The molecule has 0 fully saturated rings. The Hall–Kier alpha value is -1.63. The maximum Gasteiger partial charge on any atom is 0.134 e. The molecular formula is C14H16O. The zero-order valence-corrected chi connectivity index (χ0v) is 9.07. The topological polar surface area (TPSA) is 17.1 Å². The van der Waals surface area contributed by atoms with Crippen molar-refractivity contribution in [2.45, 2.75) is 19.8 Å². The average molecular weight is 200 g/mol. The summed E-state index contributed by atoms with van der Waals surface area (Å²) in [5.41, 5.74) is 2.23. The van der Waals surface area contributed by atoms with Crippen LogP contribution >= 0.6 is 0 Å². The van der Waals surface area contributed by atoms with Gasteiger partial charge in [0.25, 0.3) is 0 Å². The van der Waals surface area contributed by atoms with E-state index >= 15 is 0 Å².